The van der Waals surface area contributed by atoms with Crippen molar-refractivity contribution in [3.05, 3.63) is 29.3 Å². The van der Waals surface area contributed by atoms with E-state index in [-0.39, 0.29) is 0 Å². The number of nitrogens with zero attached hydrogens (tertiary/aromatic N) is 2. The first kappa shape index (κ1) is 12.6. The number of amides is 1. The van der Waals surface area contributed by atoms with E-state index in [1.807, 2.05) is 11.0 Å². The van der Waals surface area contributed by atoms with Gasteiger partial charge in [0.2, 0.25) is 5.91 Å². The number of rotatable bonds is 5. The number of unbranched alkanes of at least 4 members (excludes halogenated alkanes) is 1. The van der Waals surface area contributed by atoms with E-state index in [9.17, 15) is 4.79 Å². The zero-order valence-electron chi connectivity index (χ0n) is 11.0. The van der Waals surface area contributed by atoms with Crippen LogP contribution in [0.5, 0.6) is 0 Å². The van der Waals surface area contributed by atoms with Crippen LogP contribution in [0.25, 0.3) is 10.2 Å². The van der Waals surface area contributed by atoms with Gasteiger partial charge in [-0.05, 0) is 37.8 Å². The minimum Gasteiger partial charge on any atom is -0.343 e. The molecule has 4 heteroatoms. The fraction of sp³-hybridized carbons (Fsp3) is 0.467. The lowest BCUT2D eigenvalue weighted by atomic mass is 10.1. The summed E-state index contributed by atoms with van der Waals surface area (Å²) in [6, 6.07) is 8.25. The van der Waals surface area contributed by atoms with Crippen LogP contribution in [0.1, 0.15) is 30.7 Å². The molecule has 1 amide bonds. The second kappa shape index (κ2) is 5.70. The molecule has 3 rings (SSSR count). The maximum Gasteiger partial charge on any atom is 0.222 e. The first-order valence-corrected chi connectivity index (χ1v) is 7.77. The van der Waals surface area contributed by atoms with Crippen molar-refractivity contribution < 1.29 is 4.79 Å². The molecule has 3 nitrogen and oxygen atoms in total. The highest BCUT2D eigenvalue weighted by Gasteiger charge is 2.19. The average Bonchev–Trinajstić information content (AvgIpc) is 2.75. The number of hydrogen-bond donors (Lipinski definition) is 0. The van der Waals surface area contributed by atoms with Gasteiger partial charge in [0.25, 0.3) is 0 Å². The molecule has 0 aliphatic carbocycles. The summed E-state index contributed by atoms with van der Waals surface area (Å²) in [7, 11) is 0. The van der Waals surface area contributed by atoms with Crippen LogP contribution in [-0.4, -0.2) is 28.9 Å². The maximum absolute atomic E-state index is 11.7. The van der Waals surface area contributed by atoms with Gasteiger partial charge in [-0.2, -0.15) is 0 Å². The van der Waals surface area contributed by atoms with Crippen LogP contribution in [0.15, 0.2) is 24.3 Å². The van der Waals surface area contributed by atoms with Crippen molar-refractivity contribution >= 4 is 27.5 Å². The third-order valence-electron chi connectivity index (χ3n) is 3.58. The van der Waals surface area contributed by atoms with Crippen LogP contribution in [0.4, 0.5) is 0 Å². The molecule has 0 bridgehead atoms. The van der Waals surface area contributed by atoms with Gasteiger partial charge in [0, 0.05) is 19.5 Å². The summed E-state index contributed by atoms with van der Waals surface area (Å²) in [6.07, 6.45) is 4.90. The van der Waals surface area contributed by atoms with Gasteiger partial charge in [-0.3, -0.25) is 4.79 Å². The molecule has 1 fully saturated rings. The smallest absolute Gasteiger partial charge is 0.222 e. The molecule has 100 valence electrons. The number of para-hydroxylation sites is 1. The summed E-state index contributed by atoms with van der Waals surface area (Å²) < 4.78 is 1.26. The lowest BCUT2D eigenvalue weighted by Gasteiger charge is -2.30. The molecule has 1 aliphatic rings. The van der Waals surface area contributed by atoms with E-state index in [1.54, 1.807) is 11.3 Å². The third kappa shape index (κ3) is 2.95. The van der Waals surface area contributed by atoms with Crippen molar-refractivity contribution in [2.75, 3.05) is 13.1 Å². The van der Waals surface area contributed by atoms with Crippen molar-refractivity contribution in [2.45, 2.75) is 32.1 Å². The Labute approximate surface area is 117 Å². The van der Waals surface area contributed by atoms with Crippen LogP contribution in [-0.2, 0) is 11.2 Å². The first-order valence-electron chi connectivity index (χ1n) is 6.95. The van der Waals surface area contributed by atoms with Gasteiger partial charge < -0.3 is 4.90 Å². The fourth-order valence-corrected chi connectivity index (χ4v) is 3.31. The van der Waals surface area contributed by atoms with E-state index in [1.165, 1.54) is 16.1 Å². The third-order valence-corrected chi connectivity index (χ3v) is 4.67. The van der Waals surface area contributed by atoms with E-state index < -0.39 is 0 Å². The molecule has 1 saturated heterocycles. The predicted octanol–water partition coefficient (Wildman–Crippen LogP) is 3.24. The summed E-state index contributed by atoms with van der Waals surface area (Å²) in [6.45, 7) is 1.94. The minimum absolute atomic E-state index is 0.329. The normalized spacial score (nSPS) is 14.6. The van der Waals surface area contributed by atoms with Gasteiger partial charge in [0.05, 0.1) is 15.2 Å². The van der Waals surface area contributed by atoms with Gasteiger partial charge >= 0.3 is 0 Å². The number of fused-ring (bicyclic) bond motifs is 1. The quantitative estimate of drug-likeness (QED) is 0.784. The fourth-order valence-electron chi connectivity index (χ4n) is 2.30. The minimum atomic E-state index is 0.329. The molecule has 0 N–H and O–H groups in total. The van der Waals surface area contributed by atoms with Crippen LogP contribution < -0.4 is 0 Å². The first-order chi connectivity index (χ1) is 9.33. The standard InChI is InChI=1S/C15H18N2OS/c18-15(17-10-5-11-17)9-4-3-8-14-16-12-6-1-2-7-13(12)19-14/h1-2,6-7H,3-5,8-11H2. The molecule has 0 atom stereocenters. The Morgan fingerprint density at radius 1 is 1.26 bits per heavy atom. The molecule has 1 aromatic carbocycles. The highest BCUT2D eigenvalue weighted by molar-refractivity contribution is 7.18. The number of aryl methyl sites for hydroxylation is 1. The number of hydrogen-bond acceptors (Lipinski definition) is 3. The van der Waals surface area contributed by atoms with Crippen molar-refractivity contribution in [1.82, 2.24) is 9.88 Å². The van der Waals surface area contributed by atoms with E-state index >= 15 is 0 Å². The Balaban J connectivity index is 1.45. The Kier molecular flexibility index (Phi) is 3.78. The molecule has 1 aromatic heterocycles. The highest BCUT2D eigenvalue weighted by atomic mass is 32.1. The van der Waals surface area contributed by atoms with E-state index in [0.717, 1.165) is 37.9 Å². The molecular formula is C15H18N2OS. The second-order valence-corrected chi connectivity index (χ2v) is 6.13. The Hall–Kier alpha value is -1.42. The largest absolute Gasteiger partial charge is 0.343 e. The van der Waals surface area contributed by atoms with Crippen LogP contribution in [0, 0.1) is 0 Å². The van der Waals surface area contributed by atoms with Gasteiger partial charge in [0.15, 0.2) is 0 Å². The summed E-state index contributed by atoms with van der Waals surface area (Å²) in [4.78, 5) is 18.3. The van der Waals surface area contributed by atoms with Gasteiger partial charge in [-0.1, -0.05) is 12.1 Å². The van der Waals surface area contributed by atoms with E-state index in [4.69, 9.17) is 0 Å². The predicted molar refractivity (Wildman–Crippen MR) is 78.4 cm³/mol. The lowest BCUT2D eigenvalue weighted by Crippen LogP contribution is -2.41. The molecular weight excluding hydrogens is 256 g/mol. The lowest BCUT2D eigenvalue weighted by molar-refractivity contribution is -0.134. The van der Waals surface area contributed by atoms with Crippen molar-refractivity contribution in [3.8, 4) is 0 Å². The van der Waals surface area contributed by atoms with E-state index in [0.29, 0.717) is 12.3 Å². The van der Waals surface area contributed by atoms with Gasteiger partial charge in [0.1, 0.15) is 0 Å². The summed E-state index contributed by atoms with van der Waals surface area (Å²) in [5.74, 6) is 0.329. The number of thiazole rings is 1. The number of carbonyl (C=O) groups excluding carboxylic acids is 1. The van der Waals surface area contributed by atoms with Crippen LogP contribution in [0.2, 0.25) is 0 Å². The van der Waals surface area contributed by atoms with Gasteiger partial charge in [-0.25, -0.2) is 4.98 Å². The Bertz CT molecular complexity index is 541. The average molecular weight is 274 g/mol. The Morgan fingerprint density at radius 2 is 2.11 bits per heavy atom. The molecule has 0 spiro atoms. The zero-order valence-corrected chi connectivity index (χ0v) is 11.8. The highest BCUT2D eigenvalue weighted by Crippen LogP contribution is 2.23. The van der Waals surface area contributed by atoms with Crippen molar-refractivity contribution in [2.24, 2.45) is 0 Å². The Morgan fingerprint density at radius 3 is 2.84 bits per heavy atom. The maximum atomic E-state index is 11.7. The van der Waals surface area contributed by atoms with E-state index in [2.05, 4.69) is 23.2 Å². The second-order valence-electron chi connectivity index (χ2n) is 5.02. The molecule has 1 aliphatic heterocycles. The van der Waals surface area contributed by atoms with Gasteiger partial charge in [-0.15, -0.1) is 11.3 Å². The number of likely N-dealkylation sites (tertiary alicyclic amines) is 1. The van der Waals surface area contributed by atoms with Crippen LogP contribution in [0.3, 0.4) is 0 Å². The molecule has 0 unspecified atom stereocenters. The van der Waals surface area contributed by atoms with Crippen molar-refractivity contribution in [1.29, 1.82) is 0 Å². The monoisotopic (exact) mass is 274 g/mol. The molecule has 2 aromatic rings. The van der Waals surface area contributed by atoms with Crippen LogP contribution >= 0.6 is 11.3 Å². The SMILES string of the molecule is O=C(CCCCc1nc2ccccc2s1)N1CCC1. The summed E-state index contributed by atoms with van der Waals surface area (Å²) in [5.41, 5.74) is 1.10. The van der Waals surface area contributed by atoms with Crippen molar-refractivity contribution in [3.63, 3.8) is 0 Å². The summed E-state index contributed by atoms with van der Waals surface area (Å²) >= 11 is 1.77. The number of aromatic nitrogens is 1. The number of carbonyl (C=O) groups is 1. The summed E-state index contributed by atoms with van der Waals surface area (Å²) in [5, 5.41) is 1.19. The molecule has 2 heterocycles. The number of benzene rings is 1. The topological polar surface area (TPSA) is 33.2 Å². The molecule has 19 heavy (non-hydrogen) atoms. The molecule has 0 saturated carbocycles. The zero-order chi connectivity index (χ0) is 13.1. The molecule has 0 radical (unpaired) electrons.